The number of carbonyl (C=O) groups is 1. The van der Waals surface area contributed by atoms with Crippen molar-refractivity contribution in [3.05, 3.63) is 0 Å². The predicted molar refractivity (Wildman–Crippen MR) is 110 cm³/mol. The fraction of sp³-hybridized carbons (Fsp3) is 0.900. The lowest BCUT2D eigenvalue weighted by molar-refractivity contribution is -0.135. The third-order valence-corrected chi connectivity index (χ3v) is 5.48. The Morgan fingerprint density at radius 1 is 1.22 bits per heavy atom. The van der Waals surface area contributed by atoms with Crippen molar-refractivity contribution in [1.82, 2.24) is 20.4 Å². The third-order valence-electron chi connectivity index (χ3n) is 5.48. The Hall–Kier alpha value is -1.34. The summed E-state index contributed by atoms with van der Waals surface area (Å²) in [5, 5.41) is 6.94. The Bertz CT molecular complexity index is 489. The van der Waals surface area contributed by atoms with E-state index in [0.29, 0.717) is 18.1 Å². The first-order valence-corrected chi connectivity index (χ1v) is 10.6. The van der Waals surface area contributed by atoms with Crippen molar-refractivity contribution in [1.29, 1.82) is 0 Å². The minimum atomic E-state index is 0.0810. The smallest absolute Gasteiger partial charge is 0.225 e. The normalized spacial score (nSPS) is 24.1. The van der Waals surface area contributed by atoms with Crippen LogP contribution in [-0.4, -0.2) is 85.7 Å². The molecule has 27 heavy (non-hydrogen) atoms. The molecule has 7 heteroatoms. The summed E-state index contributed by atoms with van der Waals surface area (Å²) >= 11 is 0. The average molecular weight is 382 g/mol. The Morgan fingerprint density at radius 2 is 1.93 bits per heavy atom. The maximum atomic E-state index is 12.1. The van der Waals surface area contributed by atoms with E-state index in [1.165, 1.54) is 0 Å². The van der Waals surface area contributed by atoms with Crippen molar-refractivity contribution < 1.29 is 9.53 Å². The van der Waals surface area contributed by atoms with Gasteiger partial charge in [-0.15, -0.1) is 0 Å². The first-order valence-electron chi connectivity index (χ1n) is 10.6. The van der Waals surface area contributed by atoms with E-state index in [1.54, 1.807) is 0 Å². The van der Waals surface area contributed by atoms with Gasteiger partial charge in [0.25, 0.3) is 0 Å². The number of ether oxygens (including phenoxy) is 1. The molecule has 0 radical (unpaired) electrons. The Morgan fingerprint density at radius 3 is 2.52 bits per heavy atom. The number of hydrogen-bond acceptors (Lipinski definition) is 4. The summed E-state index contributed by atoms with van der Waals surface area (Å²) in [7, 11) is 0. The molecule has 0 aromatic heterocycles. The van der Waals surface area contributed by atoms with Gasteiger partial charge in [-0.2, -0.15) is 0 Å². The van der Waals surface area contributed by atoms with E-state index in [2.05, 4.69) is 36.3 Å². The number of nitrogens with one attached hydrogen (secondary N) is 2. The molecule has 2 unspecified atom stereocenters. The molecule has 2 rings (SSSR count). The lowest BCUT2D eigenvalue weighted by atomic mass is 10.0. The van der Waals surface area contributed by atoms with Gasteiger partial charge in [0.1, 0.15) is 0 Å². The summed E-state index contributed by atoms with van der Waals surface area (Å²) in [6.07, 6.45) is 1.94. The summed E-state index contributed by atoms with van der Waals surface area (Å²) in [6, 6.07) is 1.21. The van der Waals surface area contributed by atoms with Crippen molar-refractivity contribution in [2.24, 2.45) is 10.9 Å². The van der Waals surface area contributed by atoms with E-state index in [0.717, 1.165) is 64.7 Å². The largest absolute Gasteiger partial charge is 0.379 e. The Balaban J connectivity index is 1.84. The average Bonchev–Trinajstić information content (AvgIpc) is 2.66. The van der Waals surface area contributed by atoms with Gasteiger partial charge in [0, 0.05) is 50.2 Å². The highest BCUT2D eigenvalue weighted by atomic mass is 16.5. The number of aliphatic imine (C=N–C) groups is 1. The zero-order valence-electron chi connectivity index (χ0n) is 17.8. The second kappa shape index (κ2) is 10.9. The summed E-state index contributed by atoms with van der Waals surface area (Å²) in [5.41, 5.74) is 0. The van der Waals surface area contributed by atoms with Crippen LogP contribution in [0.1, 0.15) is 47.5 Å². The monoisotopic (exact) mass is 381 g/mol. The molecule has 156 valence electrons. The van der Waals surface area contributed by atoms with Gasteiger partial charge in [0.15, 0.2) is 5.96 Å². The van der Waals surface area contributed by atoms with Crippen molar-refractivity contribution in [2.45, 2.75) is 65.6 Å². The molecule has 2 saturated heterocycles. The first-order chi connectivity index (χ1) is 12.9. The number of carbonyl (C=O) groups excluding carboxylic acids is 1. The minimum absolute atomic E-state index is 0.0810. The zero-order chi connectivity index (χ0) is 19.8. The topological polar surface area (TPSA) is 69.2 Å². The van der Waals surface area contributed by atoms with Crippen LogP contribution in [0.25, 0.3) is 0 Å². The van der Waals surface area contributed by atoms with Gasteiger partial charge < -0.3 is 20.3 Å². The molecule has 1 amide bonds. The lowest BCUT2D eigenvalue weighted by Gasteiger charge is -2.37. The van der Waals surface area contributed by atoms with Crippen LogP contribution < -0.4 is 10.6 Å². The maximum Gasteiger partial charge on any atom is 0.225 e. The molecule has 0 bridgehead atoms. The quantitative estimate of drug-likeness (QED) is 0.536. The molecule has 0 aliphatic carbocycles. The standard InChI is InChI=1S/C20H39N5O2/c1-6-21-20(22-13-16(4)25-11-12-27-14-17(25)5)23-18-7-9-24(10-8-18)19(26)15(2)3/h15-18H,6-14H2,1-5H3,(H2,21,22,23). The summed E-state index contributed by atoms with van der Waals surface area (Å²) in [4.78, 5) is 21.4. The lowest BCUT2D eigenvalue weighted by Crippen LogP contribution is -2.51. The first kappa shape index (κ1) is 22.0. The van der Waals surface area contributed by atoms with Crippen molar-refractivity contribution in [3.63, 3.8) is 0 Å². The molecule has 0 aromatic rings. The highest BCUT2D eigenvalue weighted by molar-refractivity contribution is 5.80. The van der Waals surface area contributed by atoms with E-state index < -0.39 is 0 Å². The molecular weight excluding hydrogens is 342 g/mol. The fourth-order valence-electron chi connectivity index (χ4n) is 3.85. The Kier molecular flexibility index (Phi) is 8.83. The molecule has 2 aliphatic heterocycles. The van der Waals surface area contributed by atoms with Crippen LogP contribution >= 0.6 is 0 Å². The summed E-state index contributed by atoms with van der Waals surface area (Å²) < 4.78 is 5.54. The number of hydrogen-bond donors (Lipinski definition) is 2. The van der Waals surface area contributed by atoms with Crippen molar-refractivity contribution >= 4 is 11.9 Å². The number of rotatable bonds is 6. The van der Waals surface area contributed by atoms with E-state index in [1.807, 2.05) is 18.7 Å². The number of nitrogens with zero attached hydrogens (tertiary/aromatic N) is 3. The van der Waals surface area contributed by atoms with Crippen LogP contribution in [0.5, 0.6) is 0 Å². The van der Waals surface area contributed by atoms with Gasteiger partial charge in [-0.1, -0.05) is 13.8 Å². The predicted octanol–water partition coefficient (Wildman–Crippen LogP) is 1.30. The van der Waals surface area contributed by atoms with Gasteiger partial charge >= 0.3 is 0 Å². The third kappa shape index (κ3) is 6.64. The second-order valence-electron chi connectivity index (χ2n) is 8.13. The molecule has 0 aromatic carbocycles. The molecule has 2 heterocycles. The van der Waals surface area contributed by atoms with Gasteiger partial charge in [-0.25, -0.2) is 0 Å². The van der Waals surface area contributed by atoms with Crippen LogP contribution in [-0.2, 0) is 9.53 Å². The number of likely N-dealkylation sites (tertiary alicyclic amines) is 1. The number of guanidine groups is 1. The minimum Gasteiger partial charge on any atom is -0.379 e. The second-order valence-corrected chi connectivity index (χ2v) is 8.13. The van der Waals surface area contributed by atoms with Crippen LogP contribution in [0, 0.1) is 5.92 Å². The fourth-order valence-corrected chi connectivity index (χ4v) is 3.85. The van der Waals surface area contributed by atoms with Crippen LogP contribution in [0.2, 0.25) is 0 Å². The van der Waals surface area contributed by atoms with E-state index in [4.69, 9.17) is 9.73 Å². The molecule has 0 saturated carbocycles. The molecule has 0 spiro atoms. The van der Waals surface area contributed by atoms with Gasteiger partial charge in [-0.3, -0.25) is 14.7 Å². The van der Waals surface area contributed by atoms with Crippen molar-refractivity contribution in [3.8, 4) is 0 Å². The van der Waals surface area contributed by atoms with Crippen LogP contribution in [0.4, 0.5) is 0 Å². The molecular formula is C20H39N5O2. The van der Waals surface area contributed by atoms with E-state index >= 15 is 0 Å². The van der Waals surface area contributed by atoms with E-state index in [-0.39, 0.29) is 11.8 Å². The van der Waals surface area contributed by atoms with Gasteiger partial charge in [-0.05, 0) is 33.6 Å². The highest BCUT2D eigenvalue weighted by Crippen LogP contribution is 2.14. The van der Waals surface area contributed by atoms with Gasteiger partial charge in [0.05, 0.1) is 19.8 Å². The van der Waals surface area contributed by atoms with Crippen LogP contribution in [0.3, 0.4) is 0 Å². The summed E-state index contributed by atoms with van der Waals surface area (Å²) in [5.74, 6) is 1.24. The number of morpholine rings is 1. The highest BCUT2D eigenvalue weighted by Gasteiger charge is 2.25. The molecule has 2 atom stereocenters. The number of amides is 1. The Labute approximate surface area is 164 Å². The van der Waals surface area contributed by atoms with Crippen molar-refractivity contribution in [2.75, 3.05) is 45.9 Å². The number of piperidine rings is 1. The zero-order valence-corrected chi connectivity index (χ0v) is 17.8. The van der Waals surface area contributed by atoms with E-state index in [9.17, 15) is 4.79 Å². The van der Waals surface area contributed by atoms with Gasteiger partial charge in [0.2, 0.25) is 5.91 Å². The van der Waals surface area contributed by atoms with Crippen LogP contribution in [0.15, 0.2) is 4.99 Å². The summed E-state index contributed by atoms with van der Waals surface area (Å²) in [6.45, 7) is 16.4. The molecule has 7 nitrogen and oxygen atoms in total. The molecule has 2 aliphatic rings. The maximum absolute atomic E-state index is 12.1. The molecule has 2 N–H and O–H groups in total. The SMILES string of the molecule is CCNC(=NCC(C)N1CCOCC1C)NC1CCN(C(=O)C(C)C)CC1. The molecule has 2 fully saturated rings.